The lowest BCUT2D eigenvalue weighted by atomic mass is 9.96. The van der Waals surface area contributed by atoms with Crippen molar-refractivity contribution in [3.05, 3.63) is 29.7 Å². The summed E-state index contributed by atoms with van der Waals surface area (Å²) in [5.74, 6) is -0.364. The molecule has 0 atom stereocenters. The molecule has 84 valence electrons. The predicted molar refractivity (Wildman–Crippen MR) is 58.6 cm³/mol. The fourth-order valence-electron chi connectivity index (χ4n) is 1.38. The Balaban J connectivity index is 2.71. The Hall–Kier alpha value is -1.91. The number of carboxylic acids is 1. The zero-order valence-electron chi connectivity index (χ0n) is 9.43. The number of fused-ring (bicyclic) bond motifs is 1. The van der Waals surface area contributed by atoms with E-state index >= 15 is 0 Å². The highest BCUT2D eigenvalue weighted by molar-refractivity contribution is 5.86. The van der Waals surface area contributed by atoms with Crippen LogP contribution in [0.1, 0.15) is 37.1 Å². The van der Waals surface area contributed by atoms with Crippen molar-refractivity contribution < 1.29 is 9.90 Å². The van der Waals surface area contributed by atoms with Gasteiger partial charge in [0.25, 0.3) is 0 Å². The van der Waals surface area contributed by atoms with Crippen molar-refractivity contribution in [2.24, 2.45) is 0 Å². The molecule has 0 bridgehead atoms. The Morgan fingerprint density at radius 3 is 2.62 bits per heavy atom. The lowest BCUT2D eigenvalue weighted by Crippen LogP contribution is -2.14. The van der Waals surface area contributed by atoms with Gasteiger partial charge in [-0.3, -0.25) is 0 Å². The highest BCUT2D eigenvalue weighted by Crippen LogP contribution is 2.19. The maximum atomic E-state index is 11.0. The molecule has 0 saturated heterocycles. The van der Waals surface area contributed by atoms with Crippen LogP contribution in [0.5, 0.6) is 0 Å². The average Bonchev–Trinajstić information content (AvgIpc) is 2.59. The van der Waals surface area contributed by atoms with Gasteiger partial charge in [-0.1, -0.05) is 26.8 Å². The van der Waals surface area contributed by atoms with Crippen LogP contribution in [0.15, 0.2) is 18.2 Å². The van der Waals surface area contributed by atoms with E-state index in [9.17, 15) is 4.79 Å². The van der Waals surface area contributed by atoms with Crippen LogP contribution < -0.4 is 0 Å². The molecule has 2 heterocycles. The quantitative estimate of drug-likeness (QED) is 0.793. The summed E-state index contributed by atoms with van der Waals surface area (Å²) in [5.41, 5.74) is 0.493. The minimum absolute atomic E-state index is 0.125. The zero-order chi connectivity index (χ0) is 11.9. The van der Waals surface area contributed by atoms with Crippen LogP contribution in [0.25, 0.3) is 5.65 Å². The molecule has 0 aliphatic rings. The van der Waals surface area contributed by atoms with E-state index in [1.165, 1.54) is 10.6 Å². The Labute approximate surface area is 92.7 Å². The fourth-order valence-corrected chi connectivity index (χ4v) is 1.38. The Morgan fingerprint density at radius 2 is 2.06 bits per heavy atom. The third-order valence-electron chi connectivity index (χ3n) is 2.25. The van der Waals surface area contributed by atoms with Crippen molar-refractivity contribution in [3.8, 4) is 0 Å². The fraction of sp³-hybridized carbons (Fsp3) is 0.364. The molecule has 0 saturated carbocycles. The monoisotopic (exact) mass is 219 g/mol. The lowest BCUT2D eigenvalue weighted by Gasteiger charge is -2.11. The summed E-state index contributed by atoms with van der Waals surface area (Å²) in [6.45, 7) is 5.96. The summed E-state index contributed by atoms with van der Waals surface area (Å²) in [6, 6.07) is 4.92. The van der Waals surface area contributed by atoms with Crippen LogP contribution in [0.3, 0.4) is 0 Å². The maximum Gasteiger partial charge on any atom is 0.354 e. The SMILES string of the molecule is CC(C)(C)c1nc2cccc(C(=O)O)n2n1. The van der Waals surface area contributed by atoms with Gasteiger partial charge in [0.2, 0.25) is 0 Å². The summed E-state index contributed by atoms with van der Waals surface area (Å²) in [6.07, 6.45) is 0. The predicted octanol–water partition coefficient (Wildman–Crippen LogP) is 1.73. The standard InChI is InChI=1S/C11H13N3O2/c1-11(2,3)10-12-8-6-4-5-7(9(15)16)14(8)13-10/h4-6H,1-3H3,(H,15,16). The number of carbonyl (C=O) groups is 1. The van der Waals surface area contributed by atoms with Crippen molar-refractivity contribution in [2.45, 2.75) is 26.2 Å². The van der Waals surface area contributed by atoms with Crippen molar-refractivity contribution >= 4 is 11.6 Å². The number of pyridine rings is 1. The summed E-state index contributed by atoms with van der Waals surface area (Å²) < 4.78 is 1.36. The number of aromatic nitrogens is 3. The topological polar surface area (TPSA) is 67.5 Å². The number of rotatable bonds is 1. The molecule has 0 aliphatic carbocycles. The van der Waals surface area contributed by atoms with Crippen LogP contribution in [-0.2, 0) is 5.41 Å². The molecule has 0 radical (unpaired) electrons. The summed E-state index contributed by atoms with van der Waals surface area (Å²) in [5, 5.41) is 13.2. The normalized spacial score (nSPS) is 11.9. The number of hydrogen-bond acceptors (Lipinski definition) is 3. The van der Waals surface area contributed by atoms with E-state index in [0.717, 1.165) is 0 Å². The molecule has 0 fully saturated rings. The lowest BCUT2D eigenvalue weighted by molar-refractivity contribution is 0.0687. The van der Waals surface area contributed by atoms with Gasteiger partial charge in [0.15, 0.2) is 17.2 Å². The van der Waals surface area contributed by atoms with Gasteiger partial charge in [-0.05, 0) is 12.1 Å². The van der Waals surface area contributed by atoms with Gasteiger partial charge in [0, 0.05) is 5.41 Å². The first-order valence-corrected chi connectivity index (χ1v) is 4.99. The number of aromatic carboxylic acids is 1. The molecule has 2 aromatic heterocycles. The molecule has 0 unspecified atom stereocenters. The first-order valence-electron chi connectivity index (χ1n) is 4.99. The summed E-state index contributed by atoms with van der Waals surface area (Å²) in [4.78, 5) is 15.3. The molecule has 5 nitrogen and oxygen atoms in total. The molecule has 1 N–H and O–H groups in total. The van der Waals surface area contributed by atoms with Crippen molar-refractivity contribution in [3.63, 3.8) is 0 Å². The van der Waals surface area contributed by atoms with E-state index in [0.29, 0.717) is 11.5 Å². The van der Waals surface area contributed by atoms with Gasteiger partial charge in [-0.25, -0.2) is 14.3 Å². The molecule has 2 aromatic rings. The third kappa shape index (κ3) is 1.64. The van der Waals surface area contributed by atoms with Gasteiger partial charge in [0.05, 0.1) is 0 Å². The summed E-state index contributed by atoms with van der Waals surface area (Å²) >= 11 is 0. The van der Waals surface area contributed by atoms with E-state index in [1.54, 1.807) is 12.1 Å². The first kappa shape index (κ1) is 10.6. The molecule has 0 aromatic carbocycles. The van der Waals surface area contributed by atoms with Gasteiger partial charge in [-0.15, -0.1) is 5.10 Å². The van der Waals surface area contributed by atoms with Crippen molar-refractivity contribution in [1.82, 2.24) is 14.6 Å². The third-order valence-corrected chi connectivity index (χ3v) is 2.25. The number of nitrogens with zero attached hydrogens (tertiary/aromatic N) is 3. The van der Waals surface area contributed by atoms with Crippen LogP contribution in [0.2, 0.25) is 0 Å². The van der Waals surface area contributed by atoms with Crippen LogP contribution in [0.4, 0.5) is 0 Å². The van der Waals surface area contributed by atoms with Gasteiger partial charge >= 0.3 is 5.97 Å². The first-order chi connectivity index (χ1) is 7.39. The van der Waals surface area contributed by atoms with Gasteiger partial charge in [0.1, 0.15) is 0 Å². The second-order valence-corrected chi connectivity index (χ2v) is 4.67. The zero-order valence-corrected chi connectivity index (χ0v) is 9.43. The molecule has 0 aliphatic heterocycles. The maximum absolute atomic E-state index is 11.0. The summed E-state index contributed by atoms with van der Waals surface area (Å²) in [7, 11) is 0. The van der Waals surface area contributed by atoms with Gasteiger partial charge < -0.3 is 5.11 Å². The molecule has 0 amide bonds. The van der Waals surface area contributed by atoms with E-state index in [4.69, 9.17) is 5.11 Å². The van der Waals surface area contributed by atoms with Crippen LogP contribution >= 0.6 is 0 Å². The highest BCUT2D eigenvalue weighted by atomic mass is 16.4. The molecule has 2 rings (SSSR count). The van der Waals surface area contributed by atoms with Crippen LogP contribution in [-0.4, -0.2) is 25.7 Å². The smallest absolute Gasteiger partial charge is 0.354 e. The van der Waals surface area contributed by atoms with E-state index in [1.807, 2.05) is 20.8 Å². The Morgan fingerprint density at radius 1 is 1.38 bits per heavy atom. The number of hydrogen-bond donors (Lipinski definition) is 1. The van der Waals surface area contributed by atoms with E-state index in [-0.39, 0.29) is 11.1 Å². The molecule has 5 heteroatoms. The van der Waals surface area contributed by atoms with E-state index < -0.39 is 5.97 Å². The van der Waals surface area contributed by atoms with Gasteiger partial charge in [-0.2, -0.15) is 0 Å². The molecular formula is C11H13N3O2. The molecule has 16 heavy (non-hydrogen) atoms. The second-order valence-electron chi connectivity index (χ2n) is 4.67. The Bertz CT molecular complexity index is 552. The number of carboxylic acid groups (broad SMARTS) is 1. The Kier molecular flexibility index (Phi) is 2.18. The van der Waals surface area contributed by atoms with Crippen LogP contribution in [0, 0.1) is 0 Å². The minimum atomic E-state index is -1.00. The minimum Gasteiger partial charge on any atom is -0.477 e. The highest BCUT2D eigenvalue weighted by Gasteiger charge is 2.21. The van der Waals surface area contributed by atoms with Crippen molar-refractivity contribution in [2.75, 3.05) is 0 Å². The molecule has 0 spiro atoms. The second kappa shape index (κ2) is 3.30. The van der Waals surface area contributed by atoms with Crippen molar-refractivity contribution in [1.29, 1.82) is 0 Å². The average molecular weight is 219 g/mol. The largest absolute Gasteiger partial charge is 0.477 e. The van der Waals surface area contributed by atoms with E-state index in [2.05, 4.69) is 10.1 Å². The molecular weight excluding hydrogens is 206 g/mol.